The second kappa shape index (κ2) is 7.36. The van der Waals surface area contributed by atoms with Crippen LogP contribution < -0.4 is 19.5 Å². The standard InChI is InChI=1S/C15H23NO4/c1-4-18-11(2)9-16-10-12-7-13(17-3)15-14(8-12)19-5-6-20-15/h7-8,11,16H,4-6,9-10H2,1-3H3. The predicted molar refractivity (Wildman–Crippen MR) is 76.8 cm³/mol. The van der Waals surface area contributed by atoms with E-state index in [-0.39, 0.29) is 6.10 Å². The summed E-state index contributed by atoms with van der Waals surface area (Å²) < 4.78 is 22.0. The fourth-order valence-electron chi connectivity index (χ4n) is 2.19. The zero-order valence-electron chi connectivity index (χ0n) is 12.4. The number of hydrogen-bond donors (Lipinski definition) is 1. The highest BCUT2D eigenvalue weighted by Crippen LogP contribution is 2.40. The molecule has 5 nitrogen and oxygen atoms in total. The normalized spacial score (nSPS) is 14.9. The lowest BCUT2D eigenvalue weighted by molar-refractivity contribution is 0.0759. The van der Waals surface area contributed by atoms with Gasteiger partial charge in [0.25, 0.3) is 0 Å². The van der Waals surface area contributed by atoms with E-state index >= 15 is 0 Å². The summed E-state index contributed by atoms with van der Waals surface area (Å²) in [5.41, 5.74) is 1.11. The van der Waals surface area contributed by atoms with E-state index in [1.165, 1.54) is 0 Å². The molecule has 0 radical (unpaired) electrons. The van der Waals surface area contributed by atoms with E-state index in [0.29, 0.717) is 19.0 Å². The van der Waals surface area contributed by atoms with Gasteiger partial charge in [0.15, 0.2) is 11.5 Å². The van der Waals surface area contributed by atoms with Crippen molar-refractivity contribution in [1.82, 2.24) is 5.32 Å². The topological polar surface area (TPSA) is 49.0 Å². The molecule has 1 aromatic carbocycles. The van der Waals surface area contributed by atoms with Gasteiger partial charge in [0.1, 0.15) is 13.2 Å². The minimum Gasteiger partial charge on any atom is -0.493 e. The molecule has 5 heteroatoms. The molecule has 0 aromatic heterocycles. The zero-order chi connectivity index (χ0) is 14.4. The van der Waals surface area contributed by atoms with Gasteiger partial charge in [0.05, 0.1) is 13.2 Å². The molecule has 112 valence electrons. The second-order valence-corrected chi connectivity index (χ2v) is 4.72. The summed E-state index contributed by atoms with van der Waals surface area (Å²) in [6, 6.07) is 3.97. The fraction of sp³-hybridized carbons (Fsp3) is 0.600. The van der Waals surface area contributed by atoms with Crippen LogP contribution in [0.1, 0.15) is 19.4 Å². The maximum atomic E-state index is 5.62. The van der Waals surface area contributed by atoms with E-state index < -0.39 is 0 Å². The highest BCUT2D eigenvalue weighted by atomic mass is 16.6. The van der Waals surface area contributed by atoms with Crippen molar-refractivity contribution in [3.05, 3.63) is 17.7 Å². The maximum Gasteiger partial charge on any atom is 0.203 e. The largest absolute Gasteiger partial charge is 0.493 e. The summed E-state index contributed by atoms with van der Waals surface area (Å²) in [4.78, 5) is 0. The minimum absolute atomic E-state index is 0.208. The SMILES string of the molecule is CCOC(C)CNCc1cc(OC)c2c(c1)OCCO2. The van der Waals surface area contributed by atoms with Crippen LogP contribution in [0.4, 0.5) is 0 Å². The number of methoxy groups -OCH3 is 1. The Hall–Kier alpha value is -1.46. The van der Waals surface area contributed by atoms with Crippen molar-refractivity contribution in [2.24, 2.45) is 0 Å². The van der Waals surface area contributed by atoms with Crippen molar-refractivity contribution in [1.29, 1.82) is 0 Å². The molecule has 0 bridgehead atoms. The summed E-state index contributed by atoms with van der Waals surface area (Å²) in [6.45, 7) is 7.49. The summed E-state index contributed by atoms with van der Waals surface area (Å²) >= 11 is 0. The molecule has 0 amide bonds. The molecule has 1 heterocycles. The molecular weight excluding hydrogens is 258 g/mol. The summed E-state index contributed by atoms with van der Waals surface area (Å²) in [6.07, 6.45) is 0.208. The molecule has 20 heavy (non-hydrogen) atoms. The van der Waals surface area contributed by atoms with Crippen LogP contribution in [0, 0.1) is 0 Å². The van der Waals surface area contributed by atoms with Crippen molar-refractivity contribution in [2.75, 3.05) is 33.5 Å². The number of benzene rings is 1. The van der Waals surface area contributed by atoms with Crippen LogP contribution in [0.15, 0.2) is 12.1 Å². The van der Waals surface area contributed by atoms with Crippen LogP contribution >= 0.6 is 0 Å². The lowest BCUT2D eigenvalue weighted by atomic mass is 10.1. The number of hydrogen-bond acceptors (Lipinski definition) is 5. The van der Waals surface area contributed by atoms with E-state index in [9.17, 15) is 0 Å². The molecule has 0 fully saturated rings. The Bertz CT molecular complexity index is 419. The highest BCUT2D eigenvalue weighted by Gasteiger charge is 2.18. The molecule has 0 spiro atoms. The molecule has 1 unspecified atom stereocenters. The van der Waals surface area contributed by atoms with E-state index in [2.05, 4.69) is 12.2 Å². The Morgan fingerprint density at radius 2 is 2.10 bits per heavy atom. The molecule has 1 N–H and O–H groups in total. The monoisotopic (exact) mass is 281 g/mol. The number of fused-ring (bicyclic) bond motifs is 1. The molecule has 0 aliphatic carbocycles. The first-order valence-corrected chi connectivity index (χ1v) is 7.03. The number of rotatable bonds is 7. The van der Waals surface area contributed by atoms with Crippen LogP contribution in [-0.2, 0) is 11.3 Å². The van der Waals surface area contributed by atoms with Gasteiger partial charge in [-0.1, -0.05) is 0 Å². The van der Waals surface area contributed by atoms with Gasteiger partial charge in [0, 0.05) is 19.7 Å². The van der Waals surface area contributed by atoms with Gasteiger partial charge < -0.3 is 24.3 Å². The predicted octanol–water partition coefficient (Wildman–Crippen LogP) is 1.98. The van der Waals surface area contributed by atoms with Gasteiger partial charge in [-0.05, 0) is 31.5 Å². The van der Waals surface area contributed by atoms with Crippen molar-refractivity contribution in [3.63, 3.8) is 0 Å². The molecule has 1 aromatic rings. The van der Waals surface area contributed by atoms with Gasteiger partial charge in [0.2, 0.25) is 5.75 Å². The lowest BCUT2D eigenvalue weighted by Gasteiger charge is -2.21. The lowest BCUT2D eigenvalue weighted by Crippen LogP contribution is -2.26. The summed E-state index contributed by atoms with van der Waals surface area (Å²) in [5.74, 6) is 2.17. The Morgan fingerprint density at radius 3 is 2.85 bits per heavy atom. The molecule has 0 saturated heterocycles. The quantitative estimate of drug-likeness (QED) is 0.828. The Morgan fingerprint density at radius 1 is 1.30 bits per heavy atom. The van der Waals surface area contributed by atoms with Crippen molar-refractivity contribution in [3.8, 4) is 17.2 Å². The highest BCUT2D eigenvalue weighted by molar-refractivity contribution is 5.54. The van der Waals surface area contributed by atoms with Gasteiger partial charge in [-0.15, -0.1) is 0 Å². The molecule has 0 saturated carbocycles. The fourth-order valence-corrected chi connectivity index (χ4v) is 2.19. The minimum atomic E-state index is 0.208. The van der Waals surface area contributed by atoms with Crippen LogP contribution in [0.25, 0.3) is 0 Å². The van der Waals surface area contributed by atoms with Crippen molar-refractivity contribution in [2.45, 2.75) is 26.5 Å². The molecular formula is C15H23NO4. The smallest absolute Gasteiger partial charge is 0.203 e. The third-order valence-electron chi connectivity index (χ3n) is 3.10. The number of nitrogens with one attached hydrogen (secondary N) is 1. The van der Waals surface area contributed by atoms with E-state index in [0.717, 1.165) is 36.8 Å². The van der Waals surface area contributed by atoms with Gasteiger partial charge >= 0.3 is 0 Å². The Balaban J connectivity index is 1.98. The van der Waals surface area contributed by atoms with Crippen LogP contribution in [-0.4, -0.2) is 39.6 Å². The van der Waals surface area contributed by atoms with Crippen molar-refractivity contribution < 1.29 is 18.9 Å². The van der Waals surface area contributed by atoms with E-state index in [1.807, 2.05) is 19.1 Å². The molecule has 1 aliphatic rings. The summed E-state index contributed by atoms with van der Waals surface area (Å²) in [5, 5.41) is 3.37. The summed E-state index contributed by atoms with van der Waals surface area (Å²) in [7, 11) is 1.64. The Kier molecular flexibility index (Phi) is 5.49. The van der Waals surface area contributed by atoms with Crippen LogP contribution in [0.2, 0.25) is 0 Å². The first-order valence-electron chi connectivity index (χ1n) is 7.03. The average molecular weight is 281 g/mol. The van der Waals surface area contributed by atoms with E-state index in [1.54, 1.807) is 7.11 Å². The Labute approximate surface area is 120 Å². The second-order valence-electron chi connectivity index (χ2n) is 4.72. The van der Waals surface area contributed by atoms with Crippen LogP contribution in [0.5, 0.6) is 17.2 Å². The molecule has 2 rings (SSSR count). The first kappa shape index (κ1) is 14.9. The van der Waals surface area contributed by atoms with Gasteiger partial charge in [-0.2, -0.15) is 0 Å². The first-order chi connectivity index (χ1) is 9.74. The number of ether oxygens (including phenoxy) is 4. The third kappa shape index (κ3) is 3.77. The van der Waals surface area contributed by atoms with Crippen LogP contribution in [0.3, 0.4) is 0 Å². The molecule has 1 aliphatic heterocycles. The maximum absolute atomic E-state index is 5.62. The molecule has 1 atom stereocenters. The average Bonchev–Trinajstić information content (AvgIpc) is 2.46. The van der Waals surface area contributed by atoms with Gasteiger partial charge in [-0.25, -0.2) is 0 Å². The van der Waals surface area contributed by atoms with Crippen molar-refractivity contribution >= 4 is 0 Å². The van der Waals surface area contributed by atoms with E-state index in [4.69, 9.17) is 18.9 Å². The van der Waals surface area contributed by atoms with Gasteiger partial charge in [-0.3, -0.25) is 0 Å². The zero-order valence-corrected chi connectivity index (χ0v) is 12.4. The third-order valence-corrected chi connectivity index (χ3v) is 3.10.